The predicted octanol–water partition coefficient (Wildman–Crippen LogP) is 2.59. The van der Waals surface area contributed by atoms with Gasteiger partial charge in [0.2, 0.25) is 0 Å². The highest BCUT2D eigenvalue weighted by molar-refractivity contribution is 6.31. The Bertz CT molecular complexity index is 441. The van der Waals surface area contributed by atoms with Gasteiger partial charge in [0, 0.05) is 26.2 Å². The van der Waals surface area contributed by atoms with E-state index < -0.39 is 0 Å². The van der Waals surface area contributed by atoms with E-state index in [1.807, 2.05) is 18.7 Å². The minimum absolute atomic E-state index is 0.569. The molecule has 1 aliphatic rings. The normalized spacial score (nSPS) is 20.8. The van der Waals surface area contributed by atoms with Gasteiger partial charge in [-0.15, -0.1) is 0 Å². The van der Waals surface area contributed by atoms with Gasteiger partial charge in [-0.25, -0.2) is 0 Å². The largest absolute Gasteiger partial charge is 0.314 e. The first-order chi connectivity index (χ1) is 9.47. The van der Waals surface area contributed by atoms with Gasteiger partial charge in [0.25, 0.3) is 0 Å². The van der Waals surface area contributed by atoms with E-state index in [2.05, 4.69) is 29.2 Å². The van der Waals surface area contributed by atoms with Gasteiger partial charge in [0.1, 0.15) is 0 Å². The molecule has 1 aromatic heterocycles. The molecule has 1 unspecified atom stereocenters. The zero-order valence-electron chi connectivity index (χ0n) is 13.1. The summed E-state index contributed by atoms with van der Waals surface area (Å²) < 4.78 is 1.92. The lowest BCUT2D eigenvalue weighted by molar-refractivity contribution is 0.160. The standard InChI is InChI=1S/C15H27ClN4/c1-11(2)17-8-13-6-5-7-20(9-13)10-14-15(16)12(3)18-19(14)4/h11,13,17H,5-10H2,1-4H3. The molecular weight excluding hydrogens is 272 g/mol. The molecule has 0 radical (unpaired) electrons. The summed E-state index contributed by atoms with van der Waals surface area (Å²) in [5.41, 5.74) is 2.07. The summed E-state index contributed by atoms with van der Waals surface area (Å²) in [4.78, 5) is 2.51. The molecule has 114 valence electrons. The summed E-state index contributed by atoms with van der Waals surface area (Å²) in [6.07, 6.45) is 2.60. The molecule has 1 aliphatic heterocycles. The third-order valence-corrected chi connectivity index (χ3v) is 4.54. The lowest BCUT2D eigenvalue weighted by atomic mass is 9.97. The second kappa shape index (κ2) is 6.92. The fourth-order valence-corrected chi connectivity index (χ4v) is 3.15. The molecule has 0 aliphatic carbocycles. The average molecular weight is 299 g/mol. The van der Waals surface area contributed by atoms with Crippen molar-refractivity contribution in [3.05, 3.63) is 16.4 Å². The van der Waals surface area contributed by atoms with Gasteiger partial charge >= 0.3 is 0 Å². The highest BCUT2D eigenvalue weighted by Crippen LogP contribution is 2.23. The zero-order valence-corrected chi connectivity index (χ0v) is 13.9. The first kappa shape index (κ1) is 15.8. The predicted molar refractivity (Wildman–Crippen MR) is 84.1 cm³/mol. The van der Waals surface area contributed by atoms with Crippen LogP contribution in [0.3, 0.4) is 0 Å². The van der Waals surface area contributed by atoms with Crippen LogP contribution < -0.4 is 5.32 Å². The molecule has 2 heterocycles. The first-order valence-electron chi connectivity index (χ1n) is 7.61. The Labute approximate surface area is 127 Å². The second-order valence-electron chi connectivity index (χ2n) is 6.28. The number of nitrogens with zero attached hydrogens (tertiary/aromatic N) is 3. The van der Waals surface area contributed by atoms with Crippen molar-refractivity contribution >= 4 is 11.6 Å². The molecule has 1 atom stereocenters. The average Bonchev–Trinajstić information content (AvgIpc) is 2.64. The van der Waals surface area contributed by atoms with Crippen LogP contribution in [0.2, 0.25) is 5.02 Å². The Balaban J connectivity index is 1.92. The summed E-state index contributed by atoms with van der Waals surface area (Å²) in [5.74, 6) is 0.749. The number of aryl methyl sites for hydroxylation is 2. The Morgan fingerprint density at radius 3 is 2.80 bits per heavy atom. The van der Waals surface area contributed by atoms with Gasteiger partial charge < -0.3 is 5.32 Å². The SMILES string of the molecule is Cc1nn(C)c(CN2CCCC(CNC(C)C)C2)c1Cl. The minimum atomic E-state index is 0.569. The second-order valence-corrected chi connectivity index (χ2v) is 6.65. The summed E-state index contributed by atoms with van der Waals surface area (Å²) in [6, 6.07) is 0.569. The van der Waals surface area contributed by atoms with Crippen LogP contribution in [0, 0.1) is 12.8 Å². The molecule has 0 amide bonds. The summed E-state index contributed by atoms with van der Waals surface area (Å²) in [6.45, 7) is 10.7. The van der Waals surface area contributed by atoms with E-state index in [0.717, 1.165) is 42.0 Å². The maximum Gasteiger partial charge on any atom is 0.0860 e. The number of aromatic nitrogens is 2. The van der Waals surface area contributed by atoms with Crippen molar-refractivity contribution in [2.45, 2.75) is 46.2 Å². The fourth-order valence-electron chi connectivity index (χ4n) is 2.93. The van der Waals surface area contributed by atoms with Gasteiger partial charge in [-0.2, -0.15) is 5.10 Å². The number of halogens is 1. The van der Waals surface area contributed by atoms with Gasteiger partial charge in [-0.05, 0) is 38.8 Å². The molecule has 0 aromatic carbocycles. The number of rotatable bonds is 5. The molecule has 20 heavy (non-hydrogen) atoms. The van der Waals surface area contributed by atoms with Crippen molar-refractivity contribution in [1.82, 2.24) is 20.0 Å². The number of likely N-dealkylation sites (tertiary alicyclic amines) is 1. The molecule has 1 fully saturated rings. The molecule has 2 rings (SSSR count). The topological polar surface area (TPSA) is 33.1 Å². The molecule has 0 spiro atoms. The number of hydrogen-bond donors (Lipinski definition) is 1. The molecule has 4 nitrogen and oxygen atoms in total. The van der Waals surface area contributed by atoms with Crippen molar-refractivity contribution in [3.8, 4) is 0 Å². The number of hydrogen-bond acceptors (Lipinski definition) is 3. The summed E-state index contributed by atoms with van der Waals surface area (Å²) in [5, 5.41) is 8.79. The van der Waals surface area contributed by atoms with E-state index in [4.69, 9.17) is 11.6 Å². The van der Waals surface area contributed by atoms with Crippen molar-refractivity contribution < 1.29 is 0 Å². The molecule has 1 N–H and O–H groups in total. The van der Waals surface area contributed by atoms with Crippen LogP contribution in [0.15, 0.2) is 0 Å². The molecule has 1 saturated heterocycles. The van der Waals surface area contributed by atoms with Crippen LogP contribution in [0.5, 0.6) is 0 Å². The Hall–Kier alpha value is -0.580. The smallest absolute Gasteiger partial charge is 0.0860 e. The van der Waals surface area contributed by atoms with E-state index in [-0.39, 0.29) is 0 Å². The number of piperidine rings is 1. The zero-order chi connectivity index (χ0) is 14.7. The number of nitrogens with one attached hydrogen (secondary N) is 1. The molecular formula is C15H27ClN4. The van der Waals surface area contributed by atoms with Gasteiger partial charge in [0.15, 0.2) is 0 Å². The maximum absolute atomic E-state index is 6.35. The molecule has 1 aromatic rings. The minimum Gasteiger partial charge on any atom is -0.314 e. The van der Waals surface area contributed by atoms with Crippen LogP contribution in [-0.4, -0.2) is 40.4 Å². The van der Waals surface area contributed by atoms with Gasteiger partial charge in [-0.1, -0.05) is 25.4 Å². The fraction of sp³-hybridized carbons (Fsp3) is 0.800. The summed E-state index contributed by atoms with van der Waals surface area (Å²) in [7, 11) is 1.98. The van der Waals surface area contributed by atoms with E-state index in [1.54, 1.807) is 0 Å². The van der Waals surface area contributed by atoms with Crippen molar-refractivity contribution in [1.29, 1.82) is 0 Å². The van der Waals surface area contributed by atoms with Crippen LogP contribution in [-0.2, 0) is 13.6 Å². The van der Waals surface area contributed by atoms with E-state index in [9.17, 15) is 0 Å². The van der Waals surface area contributed by atoms with Crippen LogP contribution >= 0.6 is 11.6 Å². The lowest BCUT2D eigenvalue weighted by Gasteiger charge is -2.33. The van der Waals surface area contributed by atoms with Crippen molar-refractivity contribution in [2.75, 3.05) is 19.6 Å². The lowest BCUT2D eigenvalue weighted by Crippen LogP contribution is -2.40. The molecule has 0 saturated carbocycles. The third-order valence-electron chi connectivity index (χ3n) is 4.05. The Kier molecular flexibility index (Phi) is 5.47. The maximum atomic E-state index is 6.35. The van der Waals surface area contributed by atoms with Crippen molar-refractivity contribution in [3.63, 3.8) is 0 Å². The van der Waals surface area contributed by atoms with E-state index in [1.165, 1.54) is 19.4 Å². The van der Waals surface area contributed by atoms with E-state index >= 15 is 0 Å². The molecule has 0 bridgehead atoms. The monoisotopic (exact) mass is 298 g/mol. The van der Waals surface area contributed by atoms with Gasteiger partial charge in [0.05, 0.1) is 16.4 Å². The van der Waals surface area contributed by atoms with Gasteiger partial charge in [-0.3, -0.25) is 9.58 Å². The van der Waals surface area contributed by atoms with Crippen LogP contribution in [0.25, 0.3) is 0 Å². The Morgan fingerprint density at radius 1 is 1.45 bits per heavy atom. The van der Waals surface area contributed by atoms with Crippen LogP contribution in [0.1, 0.15) is 38.1 Å². The summed E-state index contributed by atoms with van der Waals surface area (Å²) >= 11 is 6.35. The van der Waals surface area contributed by atoms with E-state index in [0.29, 0.717) is 6.04 Å². The quantitative estimate of drug-likeness (QED) is 0.907. The third kappa shape index (κ3) is 3.96. The van der Waals surface area contributed by atoms with Crippen molar-refractivity contribution in [2.24, 2.45) is 13.0 Å². The Morgan fingerprint density at radius 2 is 2.20 bits per heavy atom. The highest BCUT2D eigenvalue weighted by Gasteiger charge is 2.22. The van der Waals surface area contributed by atoms with Crippen LogP contribution in [0.4, 0.5) is 0 Å². The highest BCUT2D eigenvalue weighted by atomic mass is 35.5. The first-order valence-corrected chi connectivity index (χ1v) is 7.99. The molecule has 5 heteroatoms.